The monoisotopic (exact) mass is 378 g/mol. The van der Waals surface area contributed by atoms with Crippen molar-refractivity contribution in [1.82, 2.24) is 4.98 Å². The van der Waals surface area contributed by atoms with Crippen LogP contribution in [0.4, 0.5) is 11.4 Å². The number of esters is 2. The van der Waals surface area contributed by atoms with E-state index in [4.69, 9.17) is 9.47 Å². The fraction of sp³-hybridized carbons (Fsp3) is 0.227. The van der Waals surface area contributed by atoms with Gasteiger partial charge in [-0.3, -0.25) is 4.98 Å². The number of anilines is 2. The van der Waals surface area contributed by atoms with Crippen LogP contribution < -0.4 is 5.32 Å². The van der Waals surface area contributed by atoms with Crippen molar-refractivity contribution >= 4 is 34.2 Å². The fourth-order valence-corrected chi connectivity index (χ4v) is 2.96. The number of aryl methyl sites for hydroxylation is 1. The van der Waals surface area contributed by atoms with Crippen molar-refractivity contribution in [2.24, 2.45) is 0 Å². The average molecular weight is 378 g/mol. The molecular formula is C22H22N2O4. The number of hydrogen-bond donors (Lipinski definition) is 1. The number of para-hydroxylation sites is 1. The summed E-state index contributed by atoms with van der Waals surface area (Å²) in [7, 11) is 1.32. The Bertz CT molecular complexity index is 1010. The molecule has 0 saturated heterocycles. The zero-order valence-corrected chi connectivity index (χ0v) is 16.1. The van der Waals surface area contributed by atoms with E-state index in [0.29, 0.717) is 27.7 Å². The third-order valence-electron chi connectivity index (χ3n) is 4.43. The molecule has 2 aromatic carbocycles. The number of nitrogens with one attached hydrogen (secondary N) is 1. The fourth-order valence-electron chi connectivity index (χ4n) is 2.96. The zero-order valence-electron chi connectivity index (χ0n) is 16.1. The Labute approximate surface area is 163 Å². The highest BCUT2D eigenvalue weighted by Crippen LogP contribution is 2.31. The van der Waals surface area contributed by atoms with Crippen LogP contribution in [0, 0.1) is 0 Å². The van der Waals surface area contributed by atoms with Crippen molar-refractivity contribution < 1.29 is 19.1 Å². The molecule has 0 atom stereocenters. The molecule has 3 aromatic rings. The predicted molar refractivity (Wildman–Crippen MR) is 108 cm³/mol. The highest BCUT2D eigenvalue weighted by Gasteiger charge is 2.20. The smallest absolute Gasteiger partial charge is 0.341 e. The van der Waals surface area contributed by atoms with Crippen molar-refractivity contribution in [3.8, 4) is 0 Å². The Morgan fingerprint density at radius 2 is 1.75 bits per heavy atom. The van der Waals surface area contributed by atoms with E-state index >= 15 is 0 Å². The van der Waals surface area contributed by atoms with Gasteiger partial charge in [-0.1, -0.05) is 31.2 Å². The van der Waals surface area contributed by atoms with Crippen LogP contribution >= 0.6 is 0 Å². The summed E-state index contributed by atoms with van der Waals surface area (Å²) in [6, 6.07) is 13.1. The topological polar surface area (TPSA) is 77.5 Å². The van der Waals surface area contributed by atoms with Gasteiger partial charge < -0.3 is 14.8 Å². The van der Waals surface area contributed by atoms with Gasteiger partial charge in [-0.15, -0.1) is 0 Å². The summed E-state index contributed by atoms with van der Waals surface area (Å²) in [5.41, 5.74) is 3.66. The molecule has 0 radical (unpaired) electrons. The molecule has 1 N–H and O–H groups in total. The number of ether oxygens (including phenoxy) is 2. The molecular weight excluding hydrogens is 356 g/mol. The van der Waals surface area contributed by atoms with Crippen LogP contribution in [0.25, 0.3) is 10.9 Å². The standard InChI is InChI=1S/C22H22N2O4/c1-4-14-9-11-15(12-10-14)24-20-16-7-6-8-17(21(25)27-3)19(16)23-13-18(20)22(26)28-5-2/h6-13H,4-5H2,1-3H3,(H,23,24). The van der Waals surface area contributed by atoms with Gasteiger partial charge in [0.05, 0.1) is 30.5 Å². The zero-order chi connectivity index (χ0) is 20.1. The molecule has 0 fully saturated rings. The molecule has 144 valence electrons. The molecule has 1 aromatic heterocycles. The Morgan fingerprint density at radius 1 is 1.00 bits per heavy atom. The number of hydrogen-bond acceptors (Lipinski definition) is 6. The number of fused-ring (bicyclic) bond motifs is 1. The van der Waals surface area contributed by atoms with Gasteiger partial charge in [-0.05, 0) is 37.1 Å². The van der Waals surface area contributed by atoms with Crippen molar-refractivity contribution in [2.45, 2.75) is 20.3 Å². The lowest BCUT2D eigenvalue weighted by Gasteiger charge is -2.15. The third kappa shape index (κ3) is 3.81. The summed E-state index contributed by atoms with van der Waals surface area (Å²) in [5.74, 6) is -0.965. The van der Waals surface area contributed by atoms with E-state index in [9.17, 15) is 9.59 Å². The van der Waals surface area contributed by atoms with E-state index < -0.39 is 11.9 Å². The number of pyridine rings is 1. The van der Waals surface area contributed by atoms with Crippen molar-refractivity contribution in [1.29, 1.82) is 0 Å². The molecule has 0 saturated carbocycles. The van der Waals surface area contributed by atoms with Gasteiger partial charge in [0.15, 0.2) is 0 Å². The second kappa shape index (κ2) is 8.52. The molecule has 0 amide bonds. The maximum Gasteiger partial charge on any atom is 0.341 e. The Morgan fingerprint density at radius 3 is 2.39 bits per heavy atom. The van der Waals surface area contributed by atoms with E-state index in [-0.39, 0.29) is 6.61 Å². The van der Waals surface area contributed by atoms with Gasteiger partial charge >= 0.3 is 11.9 Å². The van der Waals surface area contributed by atoms with Crippen molar-refractivity contribution in [3.63, 3.8) is 0 Å². The minimum Gasteiger partial charge on any atom is -0.465 e. The minimum atomic E-state index is -0.486. The van der Waals surface area contributed by atoms with E-state index in [1.807, 2.05) is 24.3 Å². The van der Waals surface area contributed by atoms with Crippen molar-refractivity contribution in [2.75, 3.05) is 19.0 Å². The molecule has 0 unspecified atom stereocenters. The summed E-state index contributed by atoms with van der Waals surface area (Å²) >= 11 is 0. The number of rotatable bonds is 6. The van der Waals surface area contributed by atoms with Crippen LogP contribution in [0.2, 0.25) is 0 Å². The molecule has 0 bridgehead atoms. The Hall–Kier alpha value is -3.41. The first-order valence-electron chi connectivity index (χ1n) is 9.12. The lowest BCUT2D eigenvalue weighted by Crippen LogP contribution is -2.10. The van der Waals surface area contributed by atoms with Crippen molar-refractivity contribution in [3.05, 3.63) is 65.4 Å². The largest absolute Gasteiger partial charge is 0.465 e. The van der Waals surface area contributed by atoms with Gasteiger partial charge in [0.2, 0.25) is 0 Å². The van der Waals surface area contributed by atoms with Crippen LogP contribution in [-0.2, 0) is 15.9 Å². The van der Waals surface area contributed by atoms with E-state index in [1.54, 1.807) is 25.1 Å². The normalized spacial score (nSPS) is 10.5. The minimum absolute atomic E-state index is 0.254. The first-order valence-corrected chi connectivity index (χ1v) is 9.12. The Balaban J connectivity index is 2.17. The maximum absolute atomic E-state index is 12.5. The van der Waals surface area contributed by atoms with E-state index in [1.165, 1.54) is 18.9 Å². The summed E-state index contributed by atoms with van der Waals surface area (Å²) in [6.45, 7) is 4.09. The highest BCUT2D eigenvalue weighted by molar-refractivity contribution is 6.11. The first-order chi connectivity index (χ1) is 13.6. The number of carbonyl (C=O) groups excluding carboxylic acids is 2. The summed E-state index contributed by atoms with van der Waals surface area (Å²) in [5, 5.41) is 3.93. The summed E-state index contributed by atoms with van der Waals surface area (Å²) < 4.78 is 10.0. The van der Waals surface area contributed by atoms with Gasteiger partial charge in [0.1, 0.15) is 5.56 Å². The van der Waals surface area contributed by atoms with Crippen LogP contribution in [0.15, 0.2) is 48.7 Å². The Kier molecular flexibility index (Phi) is 5.89. The number of nitrogens with zero attached hydrogens (tertiary/aromatic N) is 1. The molecule has 1 heterocycles. The number of benzene rings is 2. The van der Waals surface area contributed by atoms with E-state index in [0.717, 1.165) is 12.1 Å². The van der Waals surface area contributed by atoms with Crippen LogP contribution in [0.3, 0.4) is 0 Å². The highest BCUT2D eigenvalue weighted by atomic mass is 16.5. The molecule has 6 nitrogen and oxygen atoms in total. The molecule has 6 heteroatoms. The molecule has 0 aliphatic rings. The van der Waals surface area contributed by atoms with Gasteiger partial charge in [-0.25, -0.2) is 9.59 Å². The second-order valence-corrected chi connectivity index (χ2v) is 6.14. The first kappa shape index (κ1) is 19.4. The van der Waals surface area contributed by atoms with Gasteiger partial charge in [0.25, 0.3) is 0 Å². The van der Waals surface area contributed by atoms with E-state index in [2.05, 4.69) is 17.2 Å². The number of methoxy groups -OCH3 is 1. The van der Waals surface area contributed by atoms with Crippen LogP contribution in [0.1, 0.15) is 40.1 Å². The SMILES string of the molecule is CCOC(=O)c1cnc2c(C(=O)OC)cccc2c1Nc1ccc(CC)cc1. The summed E-state index contributed by atoms with van der Waals surface area (Å²) in [6.07, 6.45) is 2.37. The average Bonchev–Trinajstić information content (AvgIpc) is 2.73. The second-order valence-electron chi connectivity index (χ2n) is 6.14. The quantitative estimate of drug-likeness (QED) is 0.636. The molecule has 28 heavy (non-hydrogen) atoms. The molecule has 0 aliphatic carbocycles. The predicted octanol–water partition coefficient (Wildman–Crippen LogP) is 4.50. The van der Waals surface area contributed by atoms with Crippen LogP contribution in [-0.4, -0.2) is 30.6 Å². The lowest BCUT2D eigenvalue weighted by molar-refractivity contribution is 0.0526. The number of aromatic nitrogens is 1. The molecule has 0 spiro atoms. The molecule has 3 rings (SSSR count). The molecule has 0 aliphatic heterocycles. The maximum atomic E-state index is 12.5. The summed E-state index contributed by atoms with van der Waals surface area (Å²) in [4.78, 5) is 28.9. The lowest BCUT2D eigenvalue weighted by atomic mass is 10.0. The number of carbonyl (C=O) groups is 2. The van der Waals surface area contributed by atoms with Gasteiger partial charge in [0, 0.05) is 17.3 Å². The van der Waals surface area contributed by atoms with Gasteiger partial charge in [-0.2, -0.15) is 0 Å². The third-order valence-corrected chi connectivity index (χ3v) is 4.43. The van der Waals surface area contributed by atoms with Crippen LogP contribution in [0.5, 0.6) is 0 Å².